The minimum atomic E-state index is 0.131. The van der Waals surface area contributed by atoms with Crippen molar-refractivity contribution < 1.29 is 4.79 Å². The van der Waals surface area contributed by atoms with Gasteiger partial charge in [-0.05, 0) is 68.5 Å². The first kappa shape index (κ1) is 20.3. The molecule has 2 heterocycles. The van der Waals surface area contributed by atoms with Gasteiger partial charge in [0.05, 0.1) is 11.0 Å². The Morgan fingerprint density at radius 2 is 1.87 bits per heavy atom. The van der Waals surface area contributed by atoms with Gasteiger partial charge in [-0.15, -0.1) is 0 Å². The number of aromatic nitrogens is 2. The summed E-state index contributed by atoms with van der Waals surface area (Å²) in [5.74, 6) is 1.14. The van der Waals surface area contributed by atoms with Crippen LogP contribution in [-0.4, -0.2) is 57.5 Å². The van der Waals surface area contributed by atoms with Crippen LogP contribution in [0.15, 0.2) is 42.5 Å². The fourth-order valence-corrected chi connectivity index (χ4v) is 5.03. The molecule has 1 aliphatic carbocycles. The van der Waals surface area contributed by atoms with E-state index < -0.39 is 0 Å². The van der Waals surface area contributed by atoms with Crippen molar-refractivity contribution in [2.24, 2.45) is 0 Å². The Morgan fingerprint density at radius 1 is 1.10 bits per heavy atom. The van der Waals surface area contributed by atoms with Crippen LogP contribution in [0.25, 0.3) is 11.0 Å². The van der Waals surface area contributed by atoms with Crippen LogP contribution >= 0.6 is 0 Å². The van der Waals surface area contributed by atoms with Gasteiger partial charge in [0.15, 0.2) is 0 Å². The normalized spacial score (nSPS) is 19.6. The first-order valence-electron chi connectivity index (χ1n) is 11.5. The minimum Gasteiger partial charge on any atom is -0.337 e. The van der Waals surface area contributed by atoms with E-state index in [1.54, 1.807) is 0 Å². The summed E-state index contributed by atoms with van der Waals surface area (Å²) < 4.78 is 2.25. The van der Waals surface area contributed by atoms with E-state index in [1.165, 1.54) is 30.4 Å². The van der Waals surface area contributed by atoms with Crippen molar-refractivity contribution in [3.8, 4) is 0 Å². The van der Waals surface area contributed by atoms with Crippen molar-refractivity contribution in [1.29, 1.82) is 0 Å². The largest absolute Gasteiger partial charge is 0.337 e. The van der Waals surface area contributed by atoms with E-state index in [9.17, 15) is 4.79 Å². The molecule has 2 aromatic carbocycles. The molecule has 162 valence electrons. The lowest BCUT2D eigenvalue weighted by Crippen LogP contribution is -2.43. The zero-order valence-corrected chi connectivity index (χ0v) is 18.8. The maximum Gasteiger partial charge on any atom is 0.253 e. The highest BCUT2D eigenvalue weighted by Crippen LogP contribution is 2.29. The predicted molar refractivity (Wildman–Crippen MR) is 124 cm³/mol. The number of fused-ring (bicyclic) bond motifs is 1. The third-order valence-electron chi connectivity index (χ3n) is 7.29. The lowest BCUT2D eigenvalue weighted by atomic mass is 9.92. The van der Waals surface area contributed by atoms with E-state index in [0.717, 1.165) is 54.5 Å². The monoisotopic (exact) mass is 416 g/mol. The summed E-state index contributed by atoms with van der Waals surface area (Å²) in [4.78, 5) is 22.3. The van der Waals surface area contributed by atoms with E-state index in [1.807, 2.05) is 24.1 Å². The number of hydrogen-bond acceptors (Lipinski definition) is 3. The quantitative estimate of drug-likeness (QED) is 0.619. The molecule has 1 saturated heterocycles. The molecule has 2 fully saturated rings. The van der Waals surface area contributed by atoms with Gasteiger partial charge < -0.3 is 9.47 Å². The summed E-state index contributed by atoms with van der Waals surface area (Å²) in [5, 5.41) is 0. The van der Waals surface area contributed by atoms with Crippen molar-refractivity contribution in [3.05, 3.63) is 65.0 Å². The zero-order chi connectivity index (χ0) is 21.5. The van der Waals surface area contributed by atoms with E-state index in [4.69, 9.17) is 4.98 Å². The van der Waals surface area contributed by atoms with Gasteiger partial charge in [0.2, 0.25) is 0 Å². The standard InChI is InChI=1S/C26H32N4O/c1-18-7-12-24-25(15-18)30(19(2)27-24)16-20-8-10-21(11-9-20)26(31)28(3)23-13-14-29(17-23)22-5-4-6-22/h7-12,15,22-23H,4-6,13-14,16-17H2,1-3H3. The molecule has 0 radical (unpaired) electrons. The number of imidazole rings is 1. The van der Waals surface area contributed by atoms with Crippen LogP contribution in [0.5, 0.6) is 0 Å². The van der Waals surface area contributed by atoms with Gasteiger partial charge >= 0.3 is 0 Å². The third-order valence-corrected chi connectivity index (χ3v) is 7.29. The van der Waals surface area contributed by atoms with Gasteiger partial charge in [0.25, 0.3) is 5.91 Å². The van der Waals surface area contributed by atoms with Crippen molar-refractivity contribution in [1.82, 2.24) is 19.4 Å². The number of carbonyl (C=O) groups excluding carboxylic acids is 1. The van der Waals surface area contributed by atoms with Crippen molar-refractivity contribution in [2.45, 2.75) is 58.2 Å². The number of carbonyl (C=O) groups is 1. The van der Waals surface area contributed by atoms with Gasteiger partial charge in [-0.2, -0.15) is 0 Å². The van der Waals surface area contributed by atoms with E-state index in [0.29, 0.717) is 6.04 Å². The summed E-state index contributed by atoms with van der Waals surface area (Å²) in [6.45, 7) is 7.07. The molecule has 1 saturated carbocycles. The molecular weight excluding hydrogens is 384 g/mol. The molecule has 5 heteroatoms. The topological polar surface area (TPSA) is 41.4 Å². The second-order valence-electron chi connectivity index (χ2n) is 9.37. The Morgan fingerprint density at radius 3 is 2.58 bits per heavy atom. The van der Waals surface area contributed by atoms with Crippen LogP contribution in [0.3, 0.4) is 0 Å². The predicted octanol–water partition coefficient (Wildman–Crippen LogP) is 4.40. The van der Waals surface area contributed by atoms with Gasteiger partial charge in [-0.1, -0.05) is 24.6 Å². The number of likely N-dealkylation sites (tertiary alicyclic amines) is 1. The molecular formula is C26H32N4O. The summed E-state index contributed by atoms with van der Waals surface area (Å²) in [6.07, 6.45) is 5.11. The maximum atomic E-state index is 13.1. The first-order chi connectivity index (χ1) is 15.0. The van der Waals surface area contributed by atoms with Crippen LogP contribution in [-0.2, 0) is 6.54 Å². The number of likely N-dealkylation sites (N-methyl/N-ethyl adjacent to an activating group) is 1. The molecule has 1 unspecified atom stereocenters. The van der Waals surface area contributed by atoms with Gasteiger partial charge in [-0.3, -0.25) is 9.69 Å². The van der Waals surface area contributed by atoms with Gasteiger partial charge in [0.1, 0.15) is 5.82 Å². The molecule has 1 atom stereocenters. The molecule has 5 rings (SSSR count). The van der Waals surface area contributed by atoms with E-state index >= 15 is 0 Å². The Hall–Kier alpha value is -2.66. The highest BCUT2D eigenvalue weighted by molar-refractivity contribution is 5.94. The van der Waals surface area contributed by atoms with Crippen LogP contribution in [0, 0.1) is 13.8 Å². The maximum absolute atomic E-state index is 13.1. The average Bonchev–Trinajstić information content (AvgIpc) is 3.31. The van der Waals surface area contributed by atoms with Crippen molar-refractivity contribution in [3.63, 3.8) is 0 Å². The summed E-state index contributed by atoms with van der Waals surface area (Å²) in [7, 11) is 1.97. The fraction of sp³-hybridized carbons (Fsp3) is 0.462. The molecule has 1 aliphatic heterocycles. The van der Waals surface area contributed by atoms with E-state index in [-0.39, 0.29) is 5.91 Å². The van der Waals surface area contributed by atoms with Crippen LogP contribution in [0.4, 0.5) is 0 Å². The number of amides is 1. The Bertz CT molecular complexity index is 1100. The lowest BCUT2D eigenvalue weighted by molar-refractivity contribution is 0.0720. The van der Waals surface area contributed by atoms with Crippen LogP contribution in [0.2, 0.25) is 0 Å². The molecule has 3 aromatic rings. The highest BCUT2D eigenvalue weighted by atomic mass is 16.2. The van der Waals surface area contributed by atoms with Crippen molar-refractivity contribution in [2.75, 3.05) is 20.1 Å². The molecule has 0 bridgehead atoms. The summed E-state index contributed by atoms with van der Waals surface area (Å²) in [6, 6.07) is 15.6. The summed E-state index contributed by atoms with van der Waals surface area (Å²) in [5.41, 5.74) is 5.38. The molecule has 0 N–H and O–H groups in total. The minimum absolute atomic E-state index is 0.131. The Balaban J connectivity index is 1.27. The second kappa shape index (κ2) is 8.12. The fourth-order valence-electron chi connectivity index (χ4n) is 5.03. The molecule has 1 aromatic heterocycles. The number of nitrogens with zero attached hydrogens (tertiary/aromatic N) is 4. The Labute approximate surface area is 184 Å². The zero-order valence-electron chi connectivity index (χ0n) is 18.8. The Kier molecular flexibility index (Phi) is 5.30. The number of hydrogen-bond donors (Lipinski definition) is 0. The molecule has 0 spiro atoms. The molecule has 1 amide bonds. The van der Waals surface area contributed by atoms with Gasteiger partial charge in [-0.25, -0.2) is 4.98 Å². The number of benzene rings is 2. The number of rotatable bonds is 5. The second-order valence-corrected chi connectivity index (χ2v) is 9.37. The number of aryl methyl sites for hydroxylation is 2. The van der Waals surface area contributed by atoms with Crippen molar-refractivity contribution >= 4 is 16.9 Å². The van der Waals surface area contributed by atoms with Crippen LogP contribution in [0.1, 0.15) is 53.0 Å². The summed E-state index contributed by atoms with van der Waals surface area (Å²) >= 11 is 0. The molecule has 5 nitrogen and oxygen atoms in total. The van der Waals surface area contributed by atoms with Gasteiger partial charge in [0, 0.05) is 44.3 Å². The smallest absolute Gasteiger partial charge is 0.253 e. The first-order valence-corrected chi connectivity index (χ1v) is 11.5. The van der Waals surface area contributed by atoms with Crippen LogP contribution < -0.4 is 0 Å². The molecule has 2 aliphatic rings. The SMILES string of the molecule is Cc1ccc2nc(C)n(Cc3ccc(C(=O)N(C)C4CCN(C5CCC5)C4)cc3)c2c1. The lowest BCUT2D eigenvalue weighted by Gasteiger charge is -2.35. The van der Waals surface area contributed by atoms with E-state index in [2.05, 4.69) is 53.6 Å². The molecule has 31 heavy (non-hydrogen) atoms. The third kappa shape index (κ3) is 3.87. The highest BCUT2D eigenvalue weighted by Gasteiger charge is 2.34. The average molecular weight is 417 g/mol.